The van der Waals surface area contributed by atoms with Crippen LogP contribution in [0.2, 0.25) is 5.02 Å². The molecule has 1 heterocycles. The summed E-state index contributed by atoms with van der Waals surface area (Å²) in [5.41, 5.74) is 1.01. The number of Topliss-reactive ketones (excluding diaryl/α,β-unsaturated/α-hetero) is 1. The molecule has 0 amide bonds. The molecule has 98 valence electrons. The first-order valence-corrected chi connectivity index (χ1v) is 6.91. The van der Waals surface area contributed by atoms with Gasteiger partial charge in [-0.25, -0.2) is 0 Å². The van der Waals surface area contributed by atoms with Crippen LogP contribution in [0.3, 0.4) is 0 Å². The zero-order chi connectivity index (χ0) is 13.2. The molecule has 2 rings (SSSR count). The summed E-state index contributed by atoms with van der Waals surface area (Å²) in [4.78, 5) is 14.5. The first-order valence-electron chi connectivity index (χ1n) is 6.53. The molecule has 3 heteroatoms. The summed E-state index contributed by atoms with van der Waals surface area (Å²) in [6, 6.07) is 7.16. The Morgan fingerprint density at radius 1 is 1.33 bits per heavy atom. The molecular formula is C15H20ClNO. The van der Waals surface area contributed by atoms with Gasteiger partial charge in [0, 0.05) is 29.1 Å². The number of nitrogens with zero attached hydrogens (tertiary/aromatic N) is 1. The van der Waals surface area contributed by atoms with E-state index >= 15 is 0 Å². The minimum atomic E-state index is 0.203. The standard InChI is InChI=1S/C15H20ClNO/c1-15(2)9-3-10-17(15)11-8-14(18)12-4-6-13(16)7-5-12/h4-7H,3,8-11H2,1-2H3. The van der Waals surface area contributed by atoms with E-state index < -0.39 is 0 Å². The zero-order valence-electron chi connectivity index (χ0n) is 11.1. The first kappa shape index (κ1) is 13.6. The molecule has 0 aromatic heterocycles. The second-order valence-electron chi connectivity index (χ2n) is 5.58. The van der Waals surface area contributed by atoms with Crippen LogP contribution in [-0.2, 0) is 0 Å². The number of ketones is 1. The summed E-state index contributed by atoms with van der Waals surface area (Å²) in [7, 11) is 0. The van der Waals surface area contributed by atoms with Gasteiger partial charge in [-0.3, -0.25) is 9.69 Å². The summed E-state index contributed by atoms with van der Waals surface area (Å²) in [5, 5.41) is 0.673. The molecule has 18 heavy (non-hydrogen) atoms. The number of rotatable bonds is 4. The van der Waals surface area contributed by atoms with Crippen LogP contribution in [0.15, 0.2) is 24.3 Å². The number of hydrogen-bond donors (Lipinski definition) is 0. The lowest BCUT2D eigenvalue weighted by atomic mass is 10.0. The predicted molar refractivity (Wildman–Crippen MR) is 75.3 cm³/mol. The van der Waals surface area contributed by atoms with Gasteiger partial charge in [-0.2, -0.15) is 0 Å². The van der Waals surface area contributed by atoms with Gasteiger partial charge < -0.3 is 0 Å². The minimum Gasteiger partial charge on any atom is -0.298 e. The minimum absolute atomic E-state index is 0.203. The monoisotopic (exact) mass is 265 g/mol. The van der Waals surface area contributed by atoms with E-state index in [0.29, 0.717) is 11.4 Å². The second-order valence-corrected chi connectivity index (χ2v) is 6.02. The number of carbonyl (C=O) groups is 1. The van der Waals surface area contributed by atoms with Crippen molar-refractivity contribution in [1.29, 1.82) is 0 Å². The third kappa shape index (κ3) is 3.12. The molecule has 0 bridgehead atoms. The Balaban J connectivity index is 1.90. The molecule has 0 atom stereocenters. The Morgan fingerprint density at radius 3 is 2.56 bits per heavy atom. The summed E-state index contributed by atoms with van der Waals surface area (Å²) in [6.45, 7) is 6.48. The van der Waals surface area contributed by atoms with Gasteiger partial charge in [-0.1, -0.05) is 11.6 Å². The lowest BCUT2D eigenvalue weighted by molar-refractivity contribution is 0.0942. The van der Waals surface area contributed by atoms with Gasteiger partial charge in [0.1, 0.15) is 0 Å². The maximum Gasteiger partial charge on any atom is 0.164 e. The van der Waals surface area contributed by atoms with Crippen molar-refractivity contribution in [1.82, 2.24) is 4.90 Å². The van der Waals surface area contributed by atoms with Crippen molar-refractivity contribution < 1.29 is 4.79 Å². The summed E-state index contributed by atoms with van der Waals surface area (Å²) in [6.07, 6.45) is 3.05. The lowest BCUT2D eigenvalue weighted by Gasteiger charge is -2.31. The van der Waals surface area contributed by atoms with Crippen LogP contribution >= 0.6 is 11.6 Å². The van der Waals surface area contributed by atoms with Crippen molar-refractivity contribution in [2.45, 2.75) is 38.6 Å². The average Bonchev–Trinajstić information content (AvgIpc) is 2.66. The van der Waals surface area contributed by atoms with Gasteiger partial charge in [-0.05, 0) is 57.5 Å². The molecule has 1 saturated heterocycles. The van der Waals surface area contributed by atoms with E-state index in [-0.39, 0.29) is 11.3 Å². The van der Waals surface area contributed by atoms with Gasteiger partial charge >= 0.3 is 0 Å². The molecule has 0 unspecified atom stereocenters. The number of hydrogen-bond acceptors (Lipinski definition) is 2. The third-order valence-corrected chi connectivity index (χ3v) is 4.10. The zero-order valence-corrected chi connectivity index (χ0v) is 11.8. The second kappa shape index (κ2) is 5.41. The van der Waals surface area contributed by atoms with Crippen LogP contribution in [-0.4, -0.2) is 29.3 Å². The van der Waals surface area contributed by atoms with Gasteiger partial charge in [0.15, 0.2) is 5.78 Å². The molecule has 0 aliphatic carbocycles. The summed E-state index contributed by atoms with van der Waals surface area (Å²) >= 11 is 5.81. The molecule has 1 aliphatic rings. The maximum absolute atomic E-state index is 12.1. The van der Waals surface area contributed by atoms with Crippen molar-refractivity contribution in [2.24, 2.45) is 0 Å². The smallest absolute Gasteiger partial charge is 0.164 e. The number of halogens is 1. The van der Waals surface area contributed by atoms with Crippen LogP contribution in [0.5, 0.6) is 0 Å². The van der Waals surface area contributed by atoms with Crippen molar-refractivity contribution >= 4 is 17.4 Å². The van der Waals surface area contributed by atoms with Crippen LogP contribution in [0.1, 0.15) is 43.5 Å². The molecule has 0 spiro atoms. The highest BCUT2D eigenvalue weighted by atomic mass is 35.5. The number of benzene rings is 1. The Morgan fingerprint density at radius 2 is 2.00 bits per heavy atom. The number of carbonyl (C=O) groups excluding carboxylic acids is 1. The van der Waals surface area contributed by atoms with Crippen molar-refractivity contribution in [3.63, 3.8) is 0 Å². The fourth-order valence-corrected chi connectivity index (χ4v) is 2.72. The Hall–Kier alpha value is -0.860. The van der Waals surface area contributed by atoms with Gasteiger partial charge in [0.25, 0.3) is 0 Å². The van der Waals surface area contributed by atoms with E-state index in [1.54, 1.807) is 24.3 Å². The summed E-state index contributed by atoms with van der Waals surface area (Å²) < 4.78 is 0. The first-order chi connectivity index (χ1) is 8.49. The van der Waals surface area contributed by atoms with Crippen LogP contribution in [0, 0.1) is 0 Å². The fraction of sp³-hybridized carbons (Fsp3) is 0.533. The Kier molecular flexibility index (Phi) is 4.08. The molecule has 0 N–H and O–H groups in total. The topological polar surface area (TPSA) is 20.3 Å². The van der Waals surface area contributed by atoms with E-state index in [4.69, 9.17) is 11.6 Å². The normalized spacial score (nSPS) is 19.1. The molecule has 2 nitrogen and oxygen atoms in total. The molecular weight excluding hydrogens is 246 g/mol. The fourth-order valence-electron chi connectivity index (χ4n) is 2.59. The molecule has 1 fully saturated rings. The molecule has 0 saturated carbocycles. The Bertz CT molecular complexity index is 425. The lowest BCUT2D eigenvalue weighted by Crippen LogP contribution is -2.39. The quantitative estimate of drug-likeness (QED) is 0.772. The molecule has 1 aliphatic heterocycles. The molecule has 1 aromatic rings. The summed E-state index contributed by atoms with van der Waals surface area (Å²) in [5.74, 6) is 0.203. The SMILES string of the molecule is CC1(C)CCCN1CCC(=O)c1ccc(Cl)cc1. The van der Waals surface area contributed by atoms with E-state index in [1.807, 2.05) is 0 Å². The highest BCUT2D eigenvalue weighted by Crippen LogP contribution is 2.28. The van der Waals surface area contributed by atoms with Crippen LogP contribution < -0.4 is 0 Å². The van der Waals surface area contributed by atoms with Gasteiger partial charge in [0.05, 0.1) is 0 Å². The highest BCUT2D eigenvalue weighted by Gasteiger charge is 2.31. The molecule has 0 radical (unpaired) electrons. The van der Waals surface area contributed by atoms with Crippen molar-refractivity contribution in [2.75, 3.05) is 13.1 Å². The van der Waals surface area contributed by atoms with E-state index in [1.165, 1.54) is 12.8 Å². The van der Waals surface area contributed by atoms with Gasteiger partial charge in [-0.15, -0.1) is 0 Å². The van der Waals surface area contributed by atoms with E-state index in [2.05, 4.69) is 18.7 Å². The van der Waals surface area contributed by atoms with Crippen LogP contribution in [0.25, 0.3) is 0 Å². The number of likely N-dealkylation sites (tertiary alicyclic amines) is 1. The van der Waals surface area contributed by atoms with Crippen molar-refractivity contribution in [3.05, 3.63) is 34.9 Å². The van der Waals surface area contributed by atoms with E-state index in [0.717, 1.165) is 18.7 Å². The van der Waals surface area contributed by atoms with Gasteiger partial charge in [0.2, 0.25) is 0 Å². The third-order valence-electron chi connectivity index (χ3n) is 3.85. The average molecular weight is 266 g/mol. The van der Waals surface area contributed by atoms with Crippen molar-refractivity contribution in [3.8, 4) is 0 Å². The van der Waals surface area contributed by atoms with E-state index in [9.17, 15) is 4.79 Å². The Labute approximate surface area is 114 Å². The molecule has 1 aromatic carbocycles. The maximum atomic E-state index is 12.1. The predicted octanol–water partition coefficient (Wildman–Crippen LogP) is 3.79. The highest BCUT2D eigenvalue weighted by molar-refractivity contribution is 6.30. The van der Waals surface area contributed by atoms with Crippen LogP contribution in [0.4, 0.5) is 0 Å². The largest absolute Gasteiger partial charge is 0.298 e.